The van der Waals surface area contributed by atoms with Crippen molar-refractivity contribution in [3.8, 4) is 0 Å². The van der Waals surface area contributed by atoms with Gasteiger partial charge in [-0.05, 0) is 56.4 Å². The molecule has 0 unspecified atom stereocenters. The normalized spacial score (nSPS) is 15.7. The molecule has 2 aromatic heterocycles. The molecule has 0 aliphatic carbocycles. The summed E-state index contributed by atoms with van der Waals surface area (Å²) < 4.78 is 17.5. The van der Waals surface area contributed by atoms with E-state index in [2.05, 4.69) is 19.9 Å². The Bertz CT molecular complexity index is 985. The van der Waals surface area contributed by atoms with Crippen LogP contribution in [0.3, 0.4) is 0 Å². The molecule has 1 aliphatic rings. The molecule has 1 aromatic carbocycles. The molecular formula is C18H21FN6S. The van der Waals surface area contributed by atoms with Crippen LogP contribution < -0.4 is 4.90 Å². The van der Waals surface area contributed by atoms with E-state index in [4.69, 9.17) is 12.2 Å². The number of halogens is 1. The molecule has 8 heteroatoms. The third kappa shape index (κ3) is 3.22. The highest BCUT2D eigenvalue weighted by atomic mass is 32.1. The van der Waals surface area contributed by atoms with Crippen LogP contribution in [0.4, 0.5) is 10.1 Å². The first kappa shape index (κ1) is 17.1. The largest absolute Gasteiger partial charge is 0.369 e. The molecule has 0 radical (unpaired) electrons. The second-order valence-electron chi connectivity index (χ2n) is 6.68. The third-order valence-corrected chi connectivity index (χ3v) is 5.16. The van der Waals surface area contributed by atoms with E-state index < -0.39 is 0 Å². The average molecular weight is 372 g/mol. The zero-order chi connectivity index (χ0) is 18.3. The number of rotatable bonds is 3. The van der Waals surface area contributed by atoms with Gasteiger partial charge in [0.2, 0.25) is 4.77 Å². The first-order chi connectivity index (χ1) is 12.5. The van der Waals surface area contributed by atoms with Crippen molar-refractivity contribution in [1.82, 2.24) is 24.1 Å². The van der Waals surface area contributed by atoms with Gasteiger partial charge in [0.05, 0.1) is 6.67 Å². The monoisotopic (exact) mass is 372 g/mol. The van der Waals surface area contributed by atoms with Crippen LogP contribution in [-0.2, 0) is 6.67 Å². The Balaban J connectivity index is 1.47. The van der Waals surface area contributed by atoms with E-state index in [-0.39, 0.29) is 5.82 Å². The van der Waals surface area contributed by atoms with E-state index in [1.165, 1.54) is 12.1 Å². The third-order valence-electron chi connectivity index (χ3n) is 4.77. The molecule has 0 spiro atoms. The predicted molar refractivity (Wildman–Crippen MR) is 101 cm³/mol. The van der Waals surface area contributed by atoms with E-state index in [1.807, 2.05) is 41.1 Å². The molecule has 0 saturated carbocycles. The van der Waals surface area contributed by atoms with Crippen LogP contribution in [0.1, 0.15) is 11.4 Å². The standard InChI is InChI=1S/C18H21FN6S/c1-13-11-14(2)25-17(20-13)21-24(18(25)26)12-22-7-9-23(10-8-22)16-5-3-15(19)4-6-16/h3-6,11H,7-10,12H2,1-2H3. The molecule has 4 rings (SSSR count). The number of hydrogen-bond acceptors (Lipinski definition) is 5. The van der Waals surface area contributed by atoms with Gasteiger partial charge in [0.25, 0.3) is 5.78 Å². The van der Waals surface area contributed by atoms with Gasteiger partial charge in [0.1, 0.15) is 5.82 Å². The molecule has 3 aromatic rings. The van der Waals surface area contributed by atoms with Crippen molar-refractivity contribution in [2.45, 2.75) is 20.5 Å². The highest BCUT2D eigenvalue weighted by Crippen LogP contribution is 2.17. The van der Waals surface area contributed by atoms with Crippen molar-refractivity contribution in [3.05, 3.63) is 52.3 Å². The smallest absolute Gasteiger partial charge is 0.254 e. The van der Waals surface area contributed by atoms with Crippen molar-refractivity contribution >= 4 is 23.7 Å². The van der Waals surface area contributed by atoms with Crippen LogP contribution in [0.5, 0.6) is 0 Å². The summed E-state index contributed by atoms with van der Waals surface area (Å²) in [5, 5.41) is 4.58. The molecule has 0 bridgehead atoms. The zero-order valence-corrected chi connectivity index (χ0v) is 15.7. The van der Waals surface area contributed by atoms with Crippen LogP contribution in [0, 0.1) is 24.4 Å². The molecular weight excluding hydrogens is 351 g/mol. The second-order valence-corrected chi connectivity index (χ2v) is 7.04. The molecule has 26 heavy (non-hydrogen) atoms. The Morgan fingerprint density at radius 3 is 2.46 bits per heavy atom. The van der Waals surface area contributed by atoms with Crippen molar-refractivity contribution in [3.63, 3.8) is 0 Å². The number of aromatic nitrogens is 4. The molecule has 0 amide bonds. The molecule has 1 aliphatic heterocycles. The lowest BCUT2D eigenvalue weighted by molar-refractivity contribution is 0.194. The lowest BCUT2D eigenvalue weighted by Gasteiger charge is -2.35. The Morgan fingerprint density at radius 1 is 1.08 bits per heavy atom. The molecule has 136 valence electrons. The van der Waals surface area contributed by atoms with Crippen LogP contribution in [0.15, 0.2) is 30.3 Å². The summed E-state index contributed by atoms with van der Waals surface area (Å²) >= 11 is 5.59. The molecule has 1 fully saturated rings. The molecule has 1 saturated heterocycles. The van der Waals surface area contributed by atoms with Crippen LogP contribution in [0.2, 0.25) is 0 Å². The first-order valence-electron chi connectivity index (χ1n) is 8.68. The van der Waals surface area contributed by atoms with E-state index in [1.54, 1.807) is 0 Å². The highest BCUT2D eigenvalue weighted by Gasteiger charge is 2.19. The van der Waals surface area contributed by atoms with Crippen molar-refractivity contribution in [2.24, 2.45) is 0 Å². The highest BCUT2D eigenvalue weighted by molar-refractivity contribution is 7.71. The minimum absolute atomic E-state index is 0.201. The lowest BCUT2D eigenvalue weighted by atomic mass is 10.2. The Hall–Kier alpha value is -2.32. The van der Waals surface area contributed by atoms with E-state index in [0.717, 1.165) is 43.3 Å². The number of fused-ring (bicyclic) bond motifs is 1. The maximum Gasteiger partial charge on any atom is 0.254 e. The fraction of sp³-hybridized carbons (Fsp3) is 0.389. The van der Waals surface area contributed by atoms with Gasteiger partial charge in [0, 0.05) is 43.3 Å². The molecule has 6 nitrogen and oxygen atoms in total. The number of benzene rings is 1. The summed E-state index contributed by atoms with van der Waals surface area (Å²) in [5.74, 6) is 0.449. The Kier molecular flexibility index (Phi) is 4.46. The number of nitrogens with zero attached hydrogens (tertiary/aromatic N) is 6. The number of piperazine rings is 1. The molecule has 3 heterocycles. The summed E-state index contributed by atoms with van der Waals surface area (Å²) in [5.41, 5.74) is 3.05. The van der Waals surface area contributed by atoms with Gasteiger partial charge in [-0.3, -0.25) is 9.30 Å². The van der Waals surface area contributed by atoms with Gasteiger partial charge >= 0.3 is 0 Å². The van der Waals surface area contributed by atoms with Gasteiger partial charge in [-0.1, -0.05) is 0 Å². The van der Waals surface area contributed by atoms with Crippen molar-refractivity contribution in [2.75, 3.05) is 31.1 Å². The maximum atomic E-state index is 13.1. The number of aryl methyl sites for hydroxylation is 2. The summed E-state index contributed by atoms with van der Waals surface area (Å²) in [6.07, 6.45) is 0. The number of anilines is 1. The topological polar surface area (TPSA) is 41.6 Å². The fourth-order valence-corrected chi connectivity index (χ4v) is 3.74. The van der Waals surface area contributed by atoms with Gasteiger partial charge in [0.15, 0.2) is 0 Å². The molecule has 0 atom stereocenters. The van der Waals surface area contributed by atoms with E-state index in [0.29, 0.717) is 17.2 Å². The summed E-state index contributed by atoms with van der Waals surface area (Å²) in [7, 11) is 0. The van der Waals surface area contributed by atoms with Gasteiger partial charge in [-0.15, -0.1) is 5.10 Å². The van der Waals surface area contributed by atoms with Crippen molar-refractivity contribution in [1.29, 1.82) is 0 Å². The maximum absolute atomic E-state index is 13.1. The zero-order valence-electron chi connectivity index (χ0n) is 14.9. The fourth-order valence-electron chi connectivity index (χ4n) is 3.42. The average Bonchev–Trinajstić information content (AvgIpc) is 2.92. The van der Waals surface area contributed by atoms with Crippen LogP contribution in [0.25, 0.3) is 5.78 Å². The Morgan fingerprint density at radius 2 is 1.77 bits per heavy atom. The Labute approximate surface area is 156 Å². The second kappa shape index (κ2) is 6.77. The van der Waals surface area contributed by atoms with Crippen molar-refractivity contribution < 1.29 is 4.39 Å². The predicted octanol–water partition coefficient (Wildman–Crippen LogP) is 2.80. The minimum atomic E-state index is -0.201. The molecule has 0 N–H and O–H groups in total. The summed E-state index contributed by atoms with van der Waals surface area (Å²) in [4.78, 5) is 9.07. The minimum Gasteiger partial charge on any atom is -0.369 e. The van der Waals surface area contributed by atoms with Crippen LogP contribution in [-0.4, -0.2) is 50.2 Å². The number of hydrogen-bond donors (Lipinski definition) is 0. The van der Waals surface area contributed by atoms with E-state index >= 15 is 0 Å². The lowest BCUT2D eigenvalue weighted by Crippen LogP contribution is -2.47. The quantitative estimate of drug-likeness (QED) is 0.662. The summed E-state index contributed by atoms with van der Waals surface area (Å²) in [6, 6.07) is 8.69. The van der Waals surface area contributed by atoms with Crippen LogP contribution >= 0.6 is 12.2 Å². The van der Waals surface area contributed by atoms with Gasteiger partial charge in [-0.2, -0.15) is 0 Å². The van der Waals surface area contributed by atoms with Gasteiger partial charge in [-0.25, -0.2) is 14.1 Å². The SMILES string of the molecule is Cc1cc(C)n2c(=S)n(CN3CCN(c4ccc(F)cc4)CC3)nc2n1. The van der Waals surface area contributed by atoms with E-state index in [9.17, 15) is 4.39 Å². The summed E-state index contributed by atoms with van der Waals surface area (Å²) in [6.45, 7) is 8.22. The first-order valence-corrected chi connectivity index (χ1v) is 9.09. The van der Waals surface area contributed by atoms with Gasteiger partial charge < -0.3 is 4.90 Å².